The molecule has 0 fully saturated rings. The molecule has 0 aliphatic carbocycles. The molecule has 0 aromatic carbocycles. The van der Waals surface area contributed by atoms with Gasteiger partial charge in [0.1, 0.15) is 5.82 Å². The second-order valence-electron chi connectivity index (χ2n) is 11.8. The molecule has 1 heterocycles. The SMILES string of the molecule is CC(C)NC1=C(F)C(N(C(=O)O)N(C(=O)O)C(=O)O)N(C(C)(C)C)C(Cl)(C(C)(C)C)N1C(C)(C)C. The zero-order valence-electron chi connectivity index (χ0n) is 22.3. The minimum atomic E-state index is -2.12. The number of hydrogen-bond donors (Lipinski definition) is 4. The van der Waals surface area contributed by atoms with Crippen molar-refractivity contribution in [1.29, 1.82) is 0 Å². The van der Waals surface area contributed by atoms with Gasteiger partial charge in [-0.1, -0.05) is 32.4 Å². The van der Waals surface area contributed by atoms with Gasteiger partial charge >= 0.3 is 18.3 Å². The Hall–Kier alpha value is -2.47. The zero-order chi connectivity index (χ0) is 28.1. The van der Waals surface area contributed by atoms with Gasteiger partial charge in [0.2, 0.25) is 0 Å². The van der Waals surface area contributed by atoms with Crippen LogP contribution in [-0.2, 0) is 0 Å². The molecule has 0 saturated heterocycles. The lowest BCUT2D eigenvalue weighted by atomic mass is 9.82. The van der Waals surface area contributed by atoms with Crippen LogP contribution in [0.3, 0.4) is 0 Å². The van der Waals surface area contributed by atoms with Crippen LogP contribution in [0.25, 0.3) is 0 Å². The molecule has 1 aliphatic heterocycles. The highest BCUT2D eigenvalue weighted by Gasteiger charge is 2.65. The van der Waals surface area contributed by atoms with Crippen molar-refractivity contribution in [3.05, 3.63) is 11.6 Å². The molecule has 2 atom stereocenters. The number of carboxylic acid groups (broad SMARTS) is 3. The summed E-state index contributed by atoms with van der Waals surface area (Å²) in [5, 5.41) is 30.0. The number of imide groups is 1. The molecule has 1 rings (SSSR count). The largest absolute Gasteiger partial charge is 0.464 e. The number of halogens is 2. The number of nitrogens with zero attached hydrogens (tertiary/aromatic N) is 4. The van der Waals surface area contributed by atoms with Crippen LogP contribution < -0.4 is 5.32 Å². The van der Waals surface area contributed by atoms with Crippen LogP contribution in [0.15, 0.2) is 11.6 Å². The van der Waals surface area contributed by atoms with E-state index >= 15 is 4.39 Å². The highest BCUT2D eigenvalue weighted by molar-refractivity contribution is 6.24. The highest BCUT2D eigenvalue weighted by atomic mass is 35.5. The summed E-state index contributed by atoms with van der Waals surface area (Å²) in [7, 11) is 0. The topological polar surface area (TPSA) is 137 Å². The second kappa shape index (κ2) is 9.53. The summed E-state index contributed by atoms with van der Waals surface area (Å²) in [5.41, 5.74) is -2.84. The van der Waals surface area contributed by atoms with Crippen LogP contribution in [0.2, 0.25) is 0 Å². The molecule has 2 unspecified atom stereocenters. The molecule has 4 N–H and O–H groups in total. The number of carbonyl (C=O) groups is 3. The quantitative estimate of drug-likeness (QED) is 0.224. The number of rotatable bonds is 3. The van der Waals surface area contributed by atoms with E-state index in [-0.39, 0.29) is 16.9 Å². The van der Waals surface area contributed by atoms with E-state index in [1.54, 1.807) is 60.3 Å². The third-order valence-corrected chi connectivity index (χ3v) is 6.23. The molecule has 11 nitrogen and oxygen atoms in total. The van der Waals surface area contributed by atoms with Gasteiger partial charge in [-0.2, -0.15) is 5.01 Å². The Morgan fingerprint density at radius 2 is 1.37 bits per heavy atom. The number of amides is 3. The Morgan fingerprint density at radius 3 is 1.63 bits per heavy atom. The van der Waals surface area contributed by atoms with Crippen molar-refractivity contribution in [3.8, 4) is 0 Å². The van der Waals surface area contributed by atoms with Crippen LogP contribution in [0.1, 0.15) is 76.2 Å². The minimum Gasteiger partial charge on any atom is -0.464 e. The molecule has 0 bridgehead atoms. The molecule has 0 saturated carbocycles. The lowest BCUT2D eigenvalue weighted by Gasteiger charge is -2.66. The third kappa shape index (κ3) is 5.53. The molecule has 0 aromatic heterocycles. The molecular formula is C22H39ClFN5O6. The first kappa shape index (κ1) is 30.6. The van der Waals surface area contributed by atoms with Gasteiger partial charge in [-0.25, -0.2) is 23.7 Å². The van der Waals surface area contributed by atoms with Gasteiger partial charge in [0.15, 0.2) is 17.1 Å². The van der Waals surface area contributed by atoms with E-state index in [0.29, 0.717) is 0 Å². The van der Waals surface area contributed by atoms with Crippen LogP contribution in [0.4, 0.5) is 18.8 Å². The third-order valence-electron chi connectivity index (χ3n) is 5.32. The molecular weight excluding hydrogens is 485 g/mol. The second-order valence-corrected chi connectivity index (χ2v) is 12.3. The average Bonchev–Trinajstić information content (AvgIpc) is 2.57. The number of alkyl halides is 1. The maximum Gasteiger partial charge on any atom is 0.436 e. The summed E-state index contributed by atoms with van der Waals surface area (Å²) in [5.74, 6) is -1.26. The van der Waals surface area contributed by atoms with Gasteiger partial charge in [-0.3, -0.25) is 0 Å². The molecule has 35 heavy (non-hydrogen) atoms. The van der Waals surface area contributed by atoms with Crippen LogP contribution >= 0.6 is 11.6 Å². The molecule has 13 heteroatoms. The Bertz CT molecular complexity index is 878. The number of nitrogens with one attached hydrogen (secondary N) is 1. The van der Waals surface area contributed by atoms with Crippen LogP contribution in [0.5, 0.6) is 0 Å². The van der Waals surface area contributed by atoms with Crippen molar-refractivity contribution >= 4 is 29.9 Å². The van der Waals surface area contributed by atoms with Crippen molar-refractivity contribution in [2.45, 2.75) is 105 Å². The van der Waals surface area contributed by atoms with Gasteiger partial charge in [-0.05, 0) is 55.4 Å². The Kier molecular flexibility index (Phi) is 8.32. The van der Waals surface area contributed by atoms with Crippen LogP contribution in [0, 0.1) is 5.41 Å². The van der Waals surface area contributed by atoms with Crippen LogP contribution in [-0.4, -0.2) is 81.8 Å². The first-order valence-corrected chi connectivity index (χ1v) is 11.5. The summed E-state index contributed by atoms with van der Waals surface area (Å²) in [6.45, 7) is 19.2. The lowest BCUT2D eigenvalue weighted by Crippen LogP contribution is -2.80. The van der Waals surface area contributed by atoms with Crippen molar-refractivity contribution in [2.24, 2.45) is 5.41 Å². The minimum absolute atomic E-state index is 0.0594. The molecule has 1 aliphatic rings. The average molecular weight is 524 g/mol. The van der Waals surface area contributed by atoms with E-state index in [4.69, 9.17) is 11.6 Å². The molecule has 3 amide bonds. The first-order chi connectivity index (χ1) is 15.4. The maximum atomic E-state index is 16.6. The Morgan fingerprint density at radius 1 is 0.943 bits per heavy atom. The fraction of sp³-hybridized carbons (Fsp3) is 0.773. The van der Waals surface area contributed by atoms with Gasteiger partial charge in [0.05, 0.1) is 0 Å². The normalized spacial score (nSPS) is 22.3. The van der Waals surface area contributed by atoms with Crippen molar-refractivity contribution in [3.63, 3.8) is 0 Å². The van der Waals surface area contributed by atoms with Gasteiger partial charge in [0, 0.05) is 22.5 Å². The first-order valence-electron chi connectivity index (χ1n) is 11.1. The van der Waals surface area contributed by atoms with Gasteiger partial charge < -0.3 is 25.5 Å². The van der Waals surface area contributed by atoms with E-state index in [1.165, 1.54) is 4.90 Å². The number of hydrazine groups is 1. The van der Waals surface area contributed by atoms with Gasteiger partial charge in [-0.15, -0.1) is 5.01 Å². The lowest BCUT2D eigenvalue weighted by molar-refractivity contribution is -0.199. The fourth-order valence-electron chi connectivity index (χ4n) is 4.24. The smallest absolute Gasteiger partial charge is 0.436 e. The monoisotopic (exact) mass is 523 g/mol. The predicted molar refractivity (Wildman–Crippen MR) is 129 cm³/mol. The standard InChI is InChI=1S/C22H39ClFN5O6/c1-12(2)25-14-13(24)15(26(16(30)31)27(17(32)33)18(34)35)29(21(9,10)11)22(23,19(3,4)5)28(14)20(6,7)8/h12,15,25H,1-11H3,(H,30,31)(H,32,33)(H,34,35). The van der Waals surface area contributed by atoms with Crippen molar-refractivity contribution in [1.82, 2.24) is 25.1 Å². The summed E-state index contributed by atoms with van der Waals surface area (Å²) in [6.07, 6.45) is -8.27. The van der Waals surface area contributed by atoms with E-state index in [2.05, 4.69) is 5.32 Å². The summed E-state index contributed by atoms with van der Waals surface area (Å²) >= 11 is 7.48. The van der Waals surface area contributed by atoms with Crippen molar-refractivity contribution in [2.75, 3.05) is 0 Å². The van der Waals surface area contributed by atoms with E-state index in [9.17, 15) is 29.7 Å². The molecule has 0 aromatic rings. The van der Waals surface area contributed by atoms with E-state index < -0.39 is 56.9 Å². The predicted octanol–water partition coefficient (Wildman–Crippen LogP) is 5.16. The fourth-order valence-corrected chi connectivity index (χ4v) is 4.92. The molecule has 202 valence electrons. The molecule has 0 radical (unpaired) electrons. The number of hydrogen-bond acceptors (Lipinski definition) is 6. The Balaban J connectivity index is 4.39. The van der Waals surface area contributed by atoms with Crippen molar-refractivity contribution < 1.29 is 34.1 Å². The summed E-state index contributed by atoms with van der Waals surface area (Å²) in [4.78, 5) is 39.0. The summed E-state index contributed by atoms with van der Waals surface area (Å²) in [6, 6.07) is -0.336. The zero-order valence-corrected chi connectivity index (χ0v) is 23.0. The molecule has 0 spiro atoms. The van der Waals surface area contributed by atoms with Gasteiger partial charge in [0.25, 0.3) is 0 Å². The Labute approximate surface area is 211 Å². The highest BCUT2D eigenvalue weighted by Crippen LogP contribution is 2.55. The summed E-state index contributed by atoms with van der Waals surface area (Å²) < 4.78 is 16.6. The van der Waals surface area contributed by atoms with E-state index in [1.807, 2.05) is 20.8 Å². The van der Waals surface area contributed by atoms with E-state index in [0.717, 1.165) is 0 Å². The maximum absolute atomic E-state index is 16.6.